The molecular weight excluding hydrogens is 182 g/mol. The summed E-state index contributed by atoms with van der Waals surface area (Å²) in [5.41, 5.74) is 1.45. The lowest BCUT2D eigenvalue weighted by molar-refractivity contribution is 0.251. The molecule has 0 saturated heterocycles. The van der Waals surface area contributed by atoms with Gasteiger partial charge in [0.1, 0.15) is 11.3 Å². The predicted molar refractivity (Wildman–Crippen MR) is 51.7 cm³/mol. The standard InChI is InChI=1S/C10H11NO3/c1-3-13-10-11-8-5-4-7(12-2)6-9(8)14-10/h4-6H,3H2,1-2H3. The van der Waals surface area contributed by atoms with E-state index in [2.05, 4.69) is 4.98 Å². The second-order valence-electron chi connectivity index (χ2n) is 2.75. The zero-order chi connectivity index (χ0) is 9.97. The van der Waals surface area contributed by atoms with E-state index in [4.69, 9.17) is 13.9 Å². The van der Waals surface area contributed by atoms with Crippen LogP contribution in [0.2, 0.25) is 0 Å². The summed E-state index contributed by atoms with van der Waals surface area (Å²) in [6, 6.07) is 5.45. The van der Waals surface area contributed by atoms with Crippen LogP contribution in [0.25, 0.3) is 11.1 Å². The number of oxazole rings is 1. The van der Waals surface area contributed by atoms with Gasteiger partial charge in [-0.1, -0.05) is 0 Å². The number of hydrogen-bond donors (Lipinski definition) is 0. The molecular formula is C10H11NO3. The second kappa shape index (κ2) is 3.57. The summed E-state index contributed by atoms with van der Waals surface area (Å²) in [6.45, 7) is 2.43. The lowest BCUT2D eigenvalue weighted by Crippen LogP contribution is -1.89. The van der Waals surface area contributed by atoms with Crippen LogP contribution in [-0.4, -0.2) is 18.7 Å². The molecule has 74 valence electrons. The van der Waals surface area contributed by atoms with Gasteiger partial charge in [-0.3, -0.25) is 0 Å². The van der Waals surface area contributed by atoms with Gasteiger partial charge in [0.2, 0.25) is 0 Å². The Morgan fingerprint density at radius 1 is 1.43 bits per heavy atom. The van der Waals surface area contributed by atoms with Crippen LogP contribution in [0.4, 0.5) is 0 Å². The van der Waals surface area contributed by atoms with Crippen LogP contribution in [0, 0.1) is 0 Å². The first-order chi connectivity index (χ1) is 6.83. The fraction of sp³-hybridized carbons (Fsp3) is 0.300. The lowest BCUT2D eigenvalue weighted by Gasteiger charge is -1.95. The molecule has 0 spiro atoms. The predicted octanol–water partition coefficient (Wildman–Crippen LogP) is 2.24. The van der Waals surface area contributed by atoms with Crippen molar-refractivity contribution in [2.24, 2.45) is 0 Å². The Hall–Kier alpha value is -1.71. The Bertz CT molecular complexity index is 436. The van der Waals surface area contributed by atoms with Gasteiger partial charge in [0.15, 0.2) is 5.58 Å². The Balaban J connectivity index is 2.43. The van der Waals surface area contributed by atoms with Gasteiger partial charge in [-0.25, -0.2) is 0 Å². The van der Waals surface area contributed by atoms with Crippen molar-refractivity contribution in [3.63, 3.8) is 0 Å². The molecule has 1 aromatic heterocycles. The molecule has 0 amide bonds. The molecule has 0 saturated carbocycles. The second-order valence-corrected chi connectivity index (χ2v) is 2.75. The molecule has 1 heterocycles. The fourth-order valence-electron chi connectivity index (χ4n) is 1.20. The van der Waals surface area contributed by atoms with Gasteiger partial charge in [-0.05, 0) is 19.1 Å². The molecule has 0 bridgehead atoms. The first-order valence-electron chi connectivity index (χ1n) is 4.41. The molecule has 2 aromatic rings. The zero-order valence-electron chi connectivity index (χ0n) is 8.11. The van der Waals surface area contributed by atoms with Crippen LogP contribution in [0.5, 0.6) is 11.8 Å². The highest BCUT2D eigenvalue weighted by atomic mass is 16.6. The van der Waals surface area contributed by atoms with Crippen molar-refractivity contribution in [2.75, 3.05) is 13.7 Å². The number of nitrogens with zero attached hydrogens (tertiary/aromatic N) is 1. The Labute approximate surface area is 81.4 Å². The SMILES string of the molecule is CCOc1nc2ccc(OC)cc2o1. The third kappa shape index (κ3) is 1.51. The quantitative estimate of drug-likeness (QED) is 0.749. The van der Waals surface area contributed by atoms with E-state index >= 15 is 0 Å². The topological polar surface area (TPSA) is 44.5 Å². The number of benzene rings is 1. The molecule has 0 aliphatic carbocycles. The van der Waals surface area contributed by atoms with Crippen molar-refractivity contribution < 1.29 is 13.9 Å². The molecule has 0 radical (unpaired) electrons. The highest BCUT2D eigenvalue weighted by Gasteiger charge is 2.06. The summed E-state index contributed by atoms with van der Waals surface area (Å²) in [5.74, 6) is 0.747. The number of ether oxygens (including phenoxy) is 2. The molecule has 1 aromatic carbocycles. The van der Waals surface area contributed by atoms with Gasteiger partial charge in [0, 0.05) is 6.07 Å². The van der Waals surface area contributed by atoms with Gasteiger partial charge in [0.05, 0.1) is 13.7 Å². The minimum atomic E-state index is 0.302. The minimum absolute atomic E-state index is 0.302. The lowest BCUT2D eigenvalue weighted by atomic mass is 10.3. The van der Waals surface area contributed by atoms with Crippen LogP contribution in [-0.2, 0) is 0 Å². The molecule has 0 atom stereocenters. The van der Waals surface area contributed by atoms with Crippen LogP contribution in [0.3, 0.4) is 0 Å². The molecule has 0 fully saturated rings. The van der Waals surface area contributed by atoms with Crippen molar-refractivity contribution in [3.8, 4) is 11.8 Å². The van der Waals surface area contributed by atoms with Gasteiger partial charge in [0.25, 0.3) is 0 Å². The van der Waals surface area contributed by atoms with E-state index in [1.54, 1.807) is 13.2 Å². The molecule has 0 unspecified atom stereocenters. The molecule has 0 aliphatic rings. The fourth-order valence-corrected chi connectivity index (χ4v) is 1.20. The third-order valence-corrected chi connectivity index (χ3v) is 1.84. The van der Waals surface area contributed by atoms with Gasteiger partial charge < -0.3 is 13.9 Å². The van der Waals surface area contributed by atoms with Crippen molar-refractivity contribution in [1.29, 1.82) is 0 Å². The number of aromatic nitrogens is 1. The van der Waals surface area contributed by atoms with E-state index in [-0.39, 0.29) is 0 Å². The highest BCUT2D eigenvalue weighted by molar-refractivity contribution is 5.74. The van der Waals surface area contributed by atoms with E-state index in [9.17, 15) is 0 Å². The highest BCUT2D eigenvalue weighted by Crippen LogP contribution is 2.24. The molecule has 2 rings (SSSR count). The molecule has 0 aliphatic heterocycles. The third-order valence-electron chi connectivity index (χ3n) is 1.84. The normalized spacial score (nSPS) is 10.4. The van der Waals surface area contributed by atoms with E-state index in [1.807, 2.05) is 19.1 Å². The summed E-state index contributed by atoms with van der Waals surface area (Å²) < 4.78 is 15.5. The maximum atomic E-state index is 5.34. The molecule has 4 heteroatoms. The minimum Gasteiger partial charge on any atom is -0.497 e. The molecule has 4 nitrogen and oxygen atoms in total. The van der Waals surface area contributed by atoms with Crippen molar-refractivity contribution >= 4 is 11.1 Å². The van der Waals surface area contributed by atoms with E-state index in [0.29, 0.717) is 18.3 Å². The summed E-state index contributed by atoms with van der Waals surface area (Å²) >= 11 is 0. The van der Waals surface area contributed by atoms with Crippen molar-refractivity contribution in [2.45, 2.75) is 6.92 Å². The Morgan fingerprint density at radius 3 is 3.00 bits per heavy atom. The van der Waals surface area contributed by atoms with Crippen LogP contribution in [0.15, 0.2) is 22.6 Å². The maximum Gasteiger partial charge on any atom is 0.394 e. The number of fused-ring (bicyclic) bond motifs is 1. The maximum absolute atomic E-state index is 5.34. The van der Waals surface area contributed by atoms with Crippen LogP contribution in [0.1, 0.15) is 6.92 Å². The average Bonchev–Trinajstić information content (AvgIpc) is 2.59. The largest absolute Gasteiger partial charge is 0.497 e. The average molecular weight is 193 g/mol. The first-order valence-corrected chi connectivity index (χ1v) is 4.41. The van der Waals surface area contributed by atoms with E-state index < -0.39 is 0 Å². The van der Waals surface area contributed by atoms with Gasteiger partial charge in [-0.15, -0.1) is 0 Å². The Morgan fingerprint density at radius 2 is 2.29 bits per heavy atom. The van der Waals surface area contributed by atoms with E-state index in [0.717, 1.165) is 11.3 Å². The van der Waals surface area contributed by atoms with Gasteiger partial charge in [-0.2, -0.15) is 4.98 Å². The smallest absolute Gasteiger partial charge is 0.394 e. The summed E-state index contributed by atoms with van der Waals surface area (Å²) in [6.07, 6.45) is 0.302. The van der Waals surface area contributed by atoms with Crippen molar-refractivity contribution in [1.82, 2.24) is 4.98 Å². The summed E-state index contributed by atoms with van der Waals surface area (Å²) in [5, 5.41) is 0. The van der Waals surface area contributed by atoms with Gasteiger partial charge >= 0.3 is 6.08 Å². The number of rotatable bonds is 3. The number of methoxy groups -OCH3 is 1. The van der Waals surface area contributed by atoms with E-state index in [1.165, 1.54) is 0 Å². The van der Waals surface area contributed by atoms with Crippen LogP contribution >= 0.6 is 0 Å². The number of hydrogen-bond acceptors (Lipinski definition) is 4. The summed E-state index contributed by atoms with van der Waals surface area (Å²) in [7, 11) is 1.61. The zero-order valence-corrected chi connectivity index (χ0v) is 8.11. The molecule has 0 N–H and O–H groups in total. The summed E-state index contributed by atoms with van der Waals surface area (Å²) in [4.78, 5) is 4.13. The Kier molecular flexibility index (Phi) is 2.26. The van der Waals surface area contributed by atoms with Crippen LogP contribution < -0.4 is 9.47 Å². The molecule has 14 heavy (non-hydrogen) atoms. The first kappa shape index (κ1) is 8.87. The van der Waals surface area contributed by atoms with Crippen molar-refractivity contribution in [3.05, 3.63) is 18.2 Å². The monoisotopic (exact) mass is 193 g/mol.